The maximum atomic E-state index is 13.5. The lowest BCUT2D eigenvalue weighted by molar-refractivity contribution is -0.146. The standard InChI is InChI=1S/C25H30F3N3O2/c1-18(2)29-13-11-25(12-14-29)15-23(32)30(31(25)17-20-3-7-21(26)8-4-20)16-19-5-9-22(10-6-19)33-24(27)28/h3-10,18,24H,11-17H2,1-2H3. The fourth-order valence-corrected chi connectivity index (χ4v) is 4.88. The maximum Gasteiger partial charge on any atom is 0.387 e. The average molecular weight is 462 g/mol. The summed E-state index contributed by atoms with van der Waals surface area (Å²) in [5.41, 5.74) is 1.48. The molecule has 1 amide bonds. The molecule has 0 radical (unpaired) electrons. The number of hydrogen-bond acceptors (Lipinski definition) is 4. The van der Waals surface area contributed by atoms with Gasteiger partial charge in [0.25, 0.3) is 0 Å². The van der Waals surface area contributed by atoms with Crippen LogP contribution < -0.4 is 4.74 Å². The van der Waals surface area contributed by atoms with Crippen molar-refractivity contribution in [3.05, 3.63) is 65.5 Å². The number of hydrazine groups is 1. The van der Waals surface area contributed by atoms with Gasteiger partial charge in [0.2, 0.25) is 5.91 Å². The predicted octanol–water partition coefficient (Wildman–Crippen LogP) is 4.82. The fourth-order valence-electron chi connectivity index (χ4n) is 4.88. The molecule has 2 heterocycles. The zero-order valence-electron chi connectivity index (χ0n) is 19.0. The largest absolute Gasteiger partial charge is 0.435 e. The lowest BCUT2D eigenvalue weighted by atomic mass is 9.84. The summed E-state index contributed by atoms with van der Waals surface area (Å²) in [7, 11) is 0. The monoisotopic (exact) mass is 461 g/mol. The number of piperidine rings is 1. The summed E-state index contributed by atoms with van der Waals surface area (Å²) >= 11 is 0. The van der Waals surface area contributed by atoms with Crippen LogP contribution in [-0.4, -0.2) is 52.1 Å². The van der Waals surface area contributed by atoms with E-state index >= 15 is 0 Å². The van der Waals surface area contributed by atoms with E-state index in [-0.39, 0.29) is 23.0 Å². The molecule has 0 aliphatic carbocycles. The molecule has 2 aliphatic heterocycles. The molecule has 8 heteroatoms. The third-order valence-corrected chi connectivity index (χ3v) is 6.79. The molecule has 0 saturated carbocycles. The Balaban J connectivity index is 1.57. The number of carbonyl (C=O) groups excluding carboxylic acids is 1. The number of likely N-dealkylation sites (tertiary alicyclic amines) is 1. The summed E-state index contributed by atoms with van der Waals surface area (Å²) in [4.78, 5) is 15.6. The number of carbonyl (C=O) groups is 1. The van der Waals surface area contributed by atoms with Gasteiger partial charge in [0.05, 0.1) is 12.1 Å². The number of rotatable bonds is 7. The van der Waals surface area contributed by atoms with Crippen LogP contribution in [0.5, 0.6) is 5.75 Å². The molecule has 2 aromatic carbocycles. The molecule has 0 unspecified atom stereocenters. The first-order valence-corrected chi connectivity index (χ1v) is 11.4. The van der Waals surface area contributed by atoms with E-state index in [0.717, 1.165) is 37.1 Å². The van der Waals surface area contributed by atoms with Gasteiger partial charge in [0.15, 0.2) is 0 Å². The van der Waals surface area contributed by atoms with Gasteiger partial charge in [-0.15, -0.1) is 0 Å². The van der Waals surface area contributed by atoms with Crippen molar-refractivity contribution in [3.63, 3.8) is 0 Å². The minimum atomic E-state index is -2.88. The normalized spacial score (nSPS) is 19.2. The first kappa shape index (κ1) is 23.6. The van der Waals surface area contributed by atoms with Gasteiger partial charge in [-0.2, -0.15) is 8.78 Å². The van der Waals surface area contributed by atoms with Crippen molar-refractivity contribution < 1.29 is 22.7 Å². The molecule has 4 rings (SSSR count). The van der Waals surface area contributed by atoms with Crippen molar-refractivity contribution in [2.45, 2.75) is 64.4 Å². The van der Waals surface area contributed by atoms with E-state index in [1.807, 2.05) is 0 Å². The van der Waals surface area contributed by atoms with Gasteiger partial charge in [-0.25, -0.2) is 9.40 Å². The van der Waals surface area contributed by atoms with Crippen molar-refractivity contribution >= 4 is 5.91 Å². The quantitative estimate of drug-likeness (QED) is 0.593. The van der Waals surface area contributed by atoms with E-state index in [2.05, 4.69) is 28.5 Å². The van der Waals surface area contributed by atoms with Gasteiger partial charge in [-0.3, -0.25) is 9.80 Å². The van der Waals surface area contributed by atoms with Gasteiger partial charge in [-0.05, 0) is 62.1 Å². The Morgan fingerprint density at radius 3 is 2.09 bits per heavy atom. The van der Waals surface area contributed by atoms with Crippen LogP contribution in [0, 0.1) is 5.82 Å². The summed E-state index contributed by atoms with van der Waals surface area (Å²) < 4.78 is 42.8. The molecule has 0 bridgehead atoms. The second-order valence-electron chi connectivity index (χ2n) is 9.19. The Kier molecular flexibility index (Phi) is 6.95. The minimum absolute atomic E-state index is 0.0445. The number of halogens is 3. The van der Waals surface area contributed by atoms with Crippen LogP contribution in [0.15, 0.2) is 48.5 Å². The molecular weight excluding hydrogens is 431 g/mol. The molecule has 2 fully saturated rings. The van der Waals surface area contributed by atoms with Crippen LogP contribution in [0.3, 0.4) is 0 Å². The number of nitrogens with zero attached hydrogens (tertiary/aromatic N) is 3. The molecular formula is C25H30F3N3O2. The van der Waals surface area contributed by atoms with Gasteiger partial charge >= 0.3 is 6.61 Å². The van der Waals surface area contributed by atoms with Crippen LogP contribution >= 0.6 is 0 Å². The first-order chi connectivity index (χ1) is 15.8. The molecule has 0 aromatic heterocycles. The Bertz CT molecular complexity index is 942. The van der Waals surface area contributed by atoms with Crippen molar-refractivity contribution in [1.29, 1.82) is 0 Å². The Morgan fingerprint density at radius 2 is 1.52 bits per heavy atom. The predicted molar refractivity (Wildman–Crippen MR) is 119 cm³/mol. The number of amides is 1. The lowest BCUT2D eigenvalue weighted by Crippen LogP contribution is -2.55. The Labute approximate surface area is 192 Å². The summed E-state index contributed by atoms with van der Waals surface area (Å²) in [6.07, 6.45) is 2.18. The van der Waals surface area contributed by atoms with E-state index in [1.54, 1.807) is 29.3 Å². The Hall–Kier alpha value is -2.58. The molecule has 33 heavy (non-hydrogen) atoms. The highest BCUT2D eigenvalue weighted by Gasteiger charge is 2.51. The van der Waals surface area contributed by atoms with Crippen LogP contribution in [0.4, 0.5) is 13.2 Å². The second kappa shape index (κ2) is 9.73. The smallest absolute Gasteiger partial charge is 0.387 e. The molecule has 178 valence electrons. The molecule has 0 N–H and O–H groups in total. The zero-order chi connectivity index (χ0) is 23.6. The summed E-state index contributed by atoms with van der Waals surface area (Å²) in [5.74, 6) is -0.163. The third-order valence-electron chi connectivity index (χ3n) is 6.79. The van der Waals surface area contributed by atoms with Gasteiger partial charge in [0.1, 0.15) is 11.6 Å². The number of alkyl halides is 2. The van der Waals surface area contributed by atoms with Crippen molar-refractivity contribution in [3.8, 4) is 5.75 Å². The maximum absolute atomic E-state index is 13.5. The minimum Gasteiger partial charge on any atom is -0.435 e. The Morgan fingerprint density at radius 1 is 0.939 bits per heavy atom. The van der Waals surface area contributed by atoms with Crippen LogP contribution in [0.2, 0.25) is 0 Å². The SMILES string of the molecule is CC(C)N1CCC2(CC1)CC(=O)N(Cc1ccc(OC(F)F)cc1)N2Cc1ccc(F)cc1. The van der Waals surface area contributed by atoms with Crippen LogP contribution in [-0.2, 0) is 17.9 Å². The van der Waals surface area contributed by atoms with Crippen LogP contribution in [0.1, 0.15) is 44.2 Å². The number of benzene rings is 2. The van der Waals surface area contributed by atoms with Crippen molar-refractivity contribution in [1.82, 2.24) is 14.9 Å². The lowest BCUT2D eigenvalue weighted by Gasteiger charge is -2.47. The van der Waals surface area contributed by atoms with Crippen molar-refractivity contribution in [2.24, 2.45) is 0 Å². The molecule has 2 aliphatic rings. The van der Waals surface area contributed by atoms with Gasteiger partial charge < -0.3 is 9.64 Å². The highest BCUT2D eigenvalue weighted by molar-refractivity contribution is 5.79. The molecule has 1 spiro atoms. The fraction of sp³-hybridized carbons (Fsp3) is 0.480. The topological polar surface area (TPSA) is 36.0 Å². The van der Waals surface area contributed by atoms with Crippen LogP contribution in [0.25, 0.3) is 0 Å². The molecule has 5 nitrogen and oxygen atoms in total. The summed E-state index contributed by atoms with van der Waals surface area (Å²) in [6, 6.07) is 13.2. The van der Waals surface area contributed by atoms with E-state index in [4.69, 9.17) is 0 Å². The number of hydrogen-bond donors (Lipinski definition) is 0. The molecule has 2 aromatic rings. The number of ether oxygens (including phenoxy) is 1. The highest BCUT2D eigenvalue weighted by Crippen LogP contribution is 2.41. The van der Waals surface area contributed by atoms with E-state index < -0.39 is 6.61 Å². The van der Waals surface area contributed by atoms with E-state index in [1.165, 1.54) is 24.3 Å². The van der Waals surface area contributed by atoms with Crippen molar-refractivity contribution in [2.75, 3.05) is 13.1 Å². The van der Waals surface area contributed by atoms with Gasteiger partial charge in [0, 0.05) is 32.1 Å². The first-order valence-electron chi connectivity index (χ1n) is 11.4. The third kappa shape index (κ3) is 5.33. The second-order valence-corrected chi connectivity index (χ2v) is 9.19. The summed E-state index contributed by atoms with van der Waals surface area (Å²) in [6.45, 7) is 4.16. The average Bonchev–Trinajstić information content (AvgIpc) is 3.01. The summed E-state index contributed by atoms with van der Waals surface area (Å²) in [5, 5.41) is 3.93. The highest BCUT2D eigenvalue weighted by atomic mass is 19.3. The van der Waals surface area contributed by atoms with Gasteiger partial charge in [-0.1, -0.05) is 24.3 Å². The van der Waals surface area contributed by atoms with E-state index in [0.29, 0.717) is 25.6 Å². The van der Waals surface area contributed by atoms with E-state index in [9.17, 15) is 18.0 Å². The molecule has 2 saturated heterocycles. The zero-order valence-corrected chi connectivity index (χ0v) is 19.0. The molecule has 0 atom stereocenters.